The van der Waals surface area contributed by atoms with Gasteiger partial charge in [0.25, 0.3) is 0 Å². The minimum atomic E-state index is -0.259. The summed E-state index contributed by atoms with van der Waals surface area (Å²) in [5.74, 6) is 0.823. The van der Waals surface area contributed by atoms with Crippen molar-refractivity contribution in [3.05, 3.63) is 24.3 Å². The van der Waals surface area contributed by atoms with Gasteiger partial charge < -0.3 is 10.5 Å². The Morgan fingerprint density at radius 1 is 1.31 bits per heavy atom. The largest absolute Gasteiger partial charge is 0.494 e. The monoisotopic (exact) mass is 218 g/mol. The summed E-state index contributed by atoms with van der Waals surface area (Å²) in [6.45, 7) is 4.52. The van der Waals surface area contributed by atoms with E-state index < -0.39 is 0 Å². The quantitative estimate of drug-likeness (QED) is 0.610. The van der Waals surface area contributed by atoms with Crippen LogP contribution in [0.5, 0.6) is 5.75 Å². The third-order valence-electron chi connectivity index (χ3n) is 2.40. The molecule has 2 N–H and O–H groups in total. The van der Waals surface area contributed by atoms with Crippen molar-refractivity contribution in [2.75, 3.05) is 12.3 Å². The first-order valence-corrected chi connectivity index (χ1v) is 5.43. The zero-order chi connectivity index (χ0) is 12.0. The van der Waals surface area contributed by atoms with Gasteiger partial charge in [-0.2, -0.15) is 5.26 Å². The minimum Gasteiger partial charge on any atom is -0.494 e. The zero-order valence-electron chi connectivity index (χ0n) is 9.86. The van der Waals surface area contributed by atoms with Crippen LogP contribution in [0.1, 0.15) is 26.7 Å². The summed E-state index contributed by atoms with van der Waals surface area (Å²) >= 11 is 0. The maximum atomic E-state index is 8.84. The fourth-order valence-corrected chi connectivity index (χ4v) is 1.32. The molecule has 0 unspecified atom stereocenters. The van der Waals surface area contributed by atoms with Gasteiger partial charge in [-0.25, -0.2) is 0 Å². The minimum absolute atomic E-state index is 0.259. The van der Waals surface area contributed by atoms with Crippen LogP contribution in [0.15, 0.2) is 24.3 Å². The summed E-state index contributed by atoms with van der Waals surface area (Å²) in [4.78, 5) is 0. The van der Waals surface area contributed by atoms with Crippen molar-refractivity contribution in [2.24, 2.45) is 5.41 Å². The third-order valence-corrected chi connectivity index (χ3v) is 2.40. The number of benzene rings is 1. The molecule has 0 saturated heterocycles. The normalized spacial score (nSPS) is 10.8. The van der Waals surface area contributed by atoms with Crippen molar-refractivity contribution in [1.82, 2.24) is 0 Å². The van der Waals surface area contributed by atoms with Crippen molar-refractivity contribution in [3.8, 4) is 11.8 Å². The second kappa shape index (κ2) is 5.41. The molecule has 0 heterocycles. The smallest absolute Gasteiger partial charge is 0.119 e. The molecular weight excluding hydrogens is 200 g/mol. The Morgan fingerprint density at radius 2 is 1.94 bits per heavy atom. The number of nitrogens with two attached hydrogens (primary N) is 1. The van der Waals surface area contributed by atoms with Gasteiger partial charge in [-0.3, -0.25) is 0 Å². The highest BCUT2D eigenvalue weighted by Crippen LogP contribution is 2.21. The standard InChI is InChI=1S/C13H18N2O/c1-13(2,10-14)8-3-9-16-12-6-4-11(15)5-7-12/h4-7H,3,8-9,15H2,1-2H3. The average molecular weight is 218 g/mol. The predicted octanol–water partition coefficient (Wildman–Crippen LogP) is 2.98. The first-order chi connectivity index (χ1) is 7.53. The van der Waals surface area contributed by atoms with Crippen LogP contribution < -0.4 is 10.5 Å². The second-order valence-corrected chi connectivity index (χ2v) is 4.52. The van der Waals surface area contributed by atoms with Crippen molar-refractivity contribution >= 4 is 5.69 Å². The van der Waals surface area contributed by atoms with Crippen molar-refractivity contribution < 1.29 is 4.74 Å². The lowest BCUT2D eigenvalue weighted by Crippen LogP contribution is -2.10. The summed E-state index contributed by atoms with van der Waals surface area (Å²) in [5, 5.41) is 8.84. The summed E-state index contributed by atoms with van der Waals surface area (Å²) in [7, 11) is 0. The first-order valence-electron chi connectivity index (χ1n) is 5.43. The lowest BCUT2D eigenvalue weighted by atomic mass is 9.90. The van der Waals surface area contributed by atoms with Crippen molar-refractivity contribution in [1.29, 1.82) is 5.26 Å². The number of ether oxygens (including phenoxy) is 1. The average Bonchev–Trinajstić information content (AvgIpc) is 2.27. The summed E-state index contributed by atoms with van der Waals surface area (Å²) in [6, 6.07) is 9.61. The lowest BCUT2D eigenvalue weighted by Gasteiger charge is -2.14. The van der Waals surface area contributed by atoms with E-state index in [0.717, 1.165) is 24.3 Å². The van der Waals surface area contributed by atoms with Gasteiger partial charge in [0.2, 0.25) is 0 Å². The molecule has 3 heteroatoms. The molecule has 0 aliphatic rings. The first kappa shape index (κ1) is 12.4. The second-order valence-electron chi connectivity index (χ2n) is 4.52. The van der Waals surface area contributed by atoms with E-state index in [1.807, 2.05) is 38.1 Å². The number of anilines is 1. The summed E-state index contributed by atoms with van der Waals surface area (Å²) < 4.78 is 5.54. The number of hydrogen-bond acceptors (Lipinski definition) is 3. The van der Waals surface area contributed by atoms with E-state index in [9.17, 15) is 0 Å². The molecule has 0 aliphatic heterocycles. The highest BCUT2D eigenvalue weighted by atomic mass is 16.5. The Labute approximate surface area is 96.8 Å². The fourth-order valence-electron chi connectivity index (χ4n) is 1.32. The van der Waals surface area contributed by atoms with Crippen LogP contribution in [0.3, 0.4) is 0 Å². The van der Waals surface area contributed by atoms with Gasteiger partial charge in [-0.05, 0) is 51.0 Å². The van der Waals surface area contributed by atoms with Crippen LogP contribution in [-0.2, 0) is 0 Å². The van der Waals surface area contributed by atoms with Crippen LogP contribution in [0.4, 0.5) is 5.69 Å². The van der Waals surface area contributed by atoms with E-state index in [2.05, 4.69) is 6.07 Å². The Kier molecular flexibility index (Phi) is 4.19. The molecule has 86 valence electrons. The molecule has 1 aromatic carbocycles. The van der Waals surface area contributed by atoms with E-state index in [1.54, 1.807) is 0 Å². The number of hydrogen-bond donors (Lipinski definition) is 1. The molecule has 3 nitrogen and oxygen atoms in total. The zero-order valence-corrected chi connectivity index (χ0v) is 9.86. The van der Waals surface area contributed by atoms with E-state index in [1.165, 1.54) is 0 Å². The Balaban J connectivity index is 2.27. The maximum absolute atomic E-state index is 8.84. The Hall–Kier alpha value is -1.69. The molecule has 0 saturated carbocycles. The third kappa shape index (κ3) is 4.22. The Bertz CT molecular complexity index is 363. The van der Waals surface area contributed by atoms with Gasteiger partial charge in [0.15, 0.2) is 0 Å². The molecule has 0 aliphatic carbocycles. The molecule has 1 aromatic rings. The van der Waals surface area contributed by atoms with Crippen LogP contribution in [0, 0.1) is 16.7 Å². The van der Waals surface area contributed by atoms with Crippen LogP contribution in [0.25, 0.3) is 0 Å². The molecule has 1 rings (SSSR count). The molecule has 0 spiro atoms. The molecule has 0 fully saturated rings. The van der Waals surface area contributed by atoms with Gasteiger partial charge in [-0.1, -0.05) is 0 Å². The molecule has 0 bridgehead atoms. The molecule has 0 radical (unpaired) electrons. The number of rotatable bonds is 5. The van der Waals surface area contributed by atoms with Gasteiger partial charge in [0.05, 0.1) is 18.1 Å². The van der Waals surface area contributed by atoms with Gasteiger partial charge in [0.1, 0.15) is 5.75 Å². The van der Waals surface area contributed by atoms with Crippen LogP contribution in [-0.4, -0.2) is 6.61 Å². The van der Waals surface area contributed by atoms with E-state index in [-0.39, 0.29) is 5.41 Å². The van der Waals surface area contributed by atoms with Crippen molar-refractivity contribution in [3.63, 3.8) is 0 Å². The van der Waals surface area contributed by atoms with Crippen LogP contribution >= 0.6 is 0 Å². The lowest BCUT2D eigenvalue weighted by molar-refractivity contribution is 0.284. The van der Waals surface area contributed by atoms with E-state index in [4.69, 9.17) is 15.7 Å². The highest BCUT2D eigenvalue weighted by Gasteiger charge is 2.15. The Morgan fingerprint density at radius 3 is 2.50 bits per heavy atom. The number of nitriles is 1. The molecule has 0 aromatic heterocycles. The summed E-state index contributed by atoms with van der Waals surface area (Å²) in [5.41, 5.74) is 6.04. The fraction of sp³-hybridized carbons (Fsp3) is 0.462. The van der Waals surface area contributed by atoms with Crippen LogP contribution in [0.2, 0.25) is 0 Å². The van der Waals surface area contributed by atoms with E-state index >= 15 is 0 Å². The maximum Gasteiger partial charge on any atom is 0.119 e. The number of nitrogens with zero attached hydrogens (tertiary/aromatic N) is 1. The topological polar surface area (TPSA) is 59.0 Å². The molecule has 0 atom stereocenters. The predicted molar refractivity (Wildman–Crippen MR) is 65.0 cm³/mol. The SMILES string of the molecule is CC(C)(C#N)CCCOc1ccc(N)cc1. The molecule has 0 amide bonds. The number of nitrogen functional groups attached to an aromatic ring is 1. The van der Waals surface area contributed by atoms with Gasteiger partial charge in [-0.15, -0.1) is 0 Å². The highest BCUT2D eigenvalue weighted by molar-refractivity contribution is 5.41. The van der Waals surface area contributed by atoms with E-state index in [0.29, 0.717) is 6.61 Å². The molecular formula is C13H18N2O. The summed E-state index contributed by atoms with van der Waals surface area (Å²) in [6.07, 6.45) is 1.73. The molecule has 16 heavy (non-hydrogen) atoms. The van der Waals surface area contributed by atoms with Gasteiger partial charge >= 0.3 is 0 Å². The van der Waals surface area contributed by atoms with Gasteiger partial charge in [0, 0.05) is 5.69 Å². The van der Waals surface area contributed by atoms with Crippen molar-refractivity contribution in [2.45, 2.75) is 26.7 Å².